The van der Waals surface area contributed by atoms with Gasteiger partial charge >= 0.3 is 0 Å². The monoisotopic (exact) mass is 445 g/mol. The Morgan fingerprint density at radius 2 is 1.77 bits per heavy atom. The zero-order valence-electron chi connectivity index (χ0n) is 18.4. The number of hydrogen-bond acceptors (Lipinski definition) is 5. The Hall–Kier alpha value is -2.39. The molecule has 2 fully saturated rings. The number of imidazole rings is 1. The standard InChI is InChI=1S/C22H31N5O3S/c1-16-8-11-26(14-16)20-6-4-19(5-7-20)24-22(28)18-9-12-27(13-10-18)31(29,30)21-15-25(3)17(2)23-21/h4-7,15-16,18H,8-14H2,1-3H3,(H,24,28). The first kappa shape index (κ1) is 21.8. The fourth-order valence-corrected chi connectivity index (χ4v) is 5.81. The summed E-state index contributed by atoms with van der Waals surface area (Å²) in [6, 6.07) is 7.99. The van der Waals surface area contributed by atoms with Crippen LogP contribution in [0.5, 0.6) is 0 Å². The molecule has 3 heterocycles. The smallest absolute Gasteiger partial charge is 0.262 e. The highest BCUT2D eigenvalue weighted by atomic mass is 32.2. The maximum absolute atomic E-state index is 12.8. The van der Waals surface area contributed by atoms with E-state index in [2.05, 4.69) is 34.3 Å². The summed E-state index contributed by atoms with van der Waals surface area (Å²) >= 11 is 0. The summed E-state index contributed by atoms with van der Waals surface area (Å²) in [6.07, 6.45) is 3.75. The summed E-state index contributed by atoms with van der Waals surface area (Å²) in [5.74, 6) is 1.12. The first-order valence-electron chi connectivity index (χ1n) is 10.9. The minimum atomic E-state index is -3.62. The second-order valence-corrected chi connectivity index (χ2v) is 10.7. The predicted octanol–water partition coefficient (Wildman–Crippen LogP) is 2.61. The third-order valence-electron chi connectivity index (χ3n) is 6.44. The van der Waals surface area contributed by atoms with E-state index in [9.17, 15) is 13.2 Å². The number of aryl methyl sites for hydroxylation is 2. The topological polar surface area (TPSA) is 87.5 Å². The molecule has 4 rings (SSSR count). The molecule has 2 saturated heterocycles. The van der Waals surface area contributed by atoms with Gasteiger partial charge in [-0.15, -0.1) is 0 Å². The highest BCUT2D eigenvalue weighted by Crippen LogP contribution is 2.27. The van der Waals surface area contributed by atoms with Gasteiger partial charge in [-0.3, -0.25) is 4.79 Å². The molecular formula is C22H31N5O3S. The van der Waals surface area contributed by atoms with Gasteiger partial charge in [0.1, 0.15) is 5.82 Å². The number of benzene rings is 1. The van der Waals surface area contributed by atoms with E-state index in [0.717, 1.165) is 24.7 Å². The number of sulfonamides is 1. The van der Waals surface area contributed by atoms with E-state index in [4.69, 9.17) is 0 Å². The molecule has 0 bridgehead atoms. The molecule has 0 spiro atoms. The van der Waals surface area contributed by atoms with Crippen molar-refractivity contribution in [1.29, 1.82) is 0 Å². The first-order chi connectivity index (χ1) is 14.7. The molecule has 1 atom stereocenters. The van der Waals surface area contributed by atoms with Gasteiger partial charge in [0.05, 0.1) is 0 Å². The number of amides is 1. The van der Waals surface area contributed by atoms with Crippen molar-refractivity contribution in [1.82, 2.24) is 13.9 Å². The molecule has 1 amide bonds. The summed E-state index contributed by atoms with van der Waals surface area (Å²) < 4.78 is 28.8. The number of aromatic nitrogens is 2. The molecular weight excluding hydrogens is 414 g/mol. The molecule has 0 radical (unpaired) electrons. The van der Waals surface area contributed by atoms with Crippen molar-refractivity contribution in [2.75, 3.05) is 36.4 Å². The molecule has 1 aromatic heterocycles. The molecule has 2 aliphatic heterocycles. The van der Waals surface area contributed by atoms with Gasteiger partial charge in [0.2, 0.25) is 5.91 Å². The van der Waals surface area contributed by atoms with Crippen LogP contribution in [0.15, 0.2) is 35.5 Å². The number of carbonyl (C=O) groups excluding carboxylic acids is 1. The van der Waals surface area contributed by atoms with E-state index in [1.165, 1.54) is 22.6 Å². The Bertz CT molecular complexity index is 1020. The van der Waals surface area contributed by atoms with Crippen LogP contribution in [0.4, 0.5) is 11.4 Å². The Morgan fingerprint density at radius 1 is 1.10 bits per heavy atom. The van der Waals surface area contributed by atoms with E-state index in [-0.39, 0.29) is 16.9 Å². The van der Waals surface area contributed by atoms with Crippen molar-refractivity contribution < 1.29 is 13.2 Å². The molecule has 8 nitrogen and oxygen atoms in total. The maximum atomic E-state index is 12.8. The fraction of sp³-hybridized carbons (Fsp3) is 0.545. The predicted molar refractivity (Wildman–Crippen MR) is 120 cm³/mol. The normalized spacial score (nSPS) is 20.9. The number of anilines is 2. The van der Waals surface area contributed by atoms with Gasteiger partial charge in [-0.05, 0) is 56.4 Å². The number of piperidine rings is 1. The van der Waals surface area contributed by atoms with Gasteiger partial charge in [0, 0.05) is 56.7 Å². The second-order valence-electron chi connectivity index (χ2n) is 8.79. The lowest BCUT2D eigenvalue weighted by molar-refractivity contribution is -0.120. The summed E-state index contributed by atoms with van der Waals surface area (Å²) in [5.41, 5.74) is 1.96. The van der Waals surface area contributed by atoms with Crippen LogP contribution >= 0.6 is 0 Å². The number of rotatable bonds is 5. The minimum absolute atomic E-state index is 0.0479. The summed E-state index contributed by atoms with van der Waals surface area (Å²) in [7, 11) is -1.85. The van der Waals surface area contributed by atoms with Gasteiger partial charge in [0.25, 0.3) is 10.0 Å². The van der Waals surface area contributed by atoms with E-state index >= 15 is 0 Å². The largest absolute Gasteiger partial charge is 0.371 e. The van der Waals surface area contributed by atoms with Crippen LogP contribution < -0.4 is 10.2 Å². The van der Waals surface area contributed by atoms with Gasteiger partial charge in [-0.2, -0.15) is 4.31 Å². The molecule has 31 heavy (non-hydrogen) atoms. The quantitative estimate of drug-likeness (QED) is 0.764. The Balaban J connectivity index is 1.32. The van der Waals surface area contributed by atoms with Crippen LogP contribution in [0.25, 0.3) is 0 Å². The SMILES string of the molecule is Cc1nc(S(=O)(=O)N2CCC(C(=O)Nc3ccc(N4CCC(C)C4)cc3)CC2)cn1C. The second kappa shape index (κ2) is 8.63. The van der Waals surface area contributed by atoms with E-state index < -0.39 is 10.0 Å². The average Bonchev–Trinajstić information content (AvgIpc) is 3.34. The number of hydrogen-bond donors (Lipinski definition) is 1. The van der Waals surface area contributed by atoms with Crippen LogP contribution in [0, 0.1) is 18.8 Å². The average molecular weight is 446 g/mol. The molecule has 2 aliphatic rings. The molecule has 1 aromatic carbocycles. The highest BCUT2D eigenvalue weighted by molar-refractivity contribution is 7.89. The van der Waals surface area contributed by atoms with Gasteiger partial charge in [0.15, 0.2) is 5.03 Å². The van der Waals surface area contributed by atoms with Crippen LogP contribution in [-0.4, -0.2) is 54.4 Å². The van der Waals surface area contributed by atoms with Crippen molar-refractivity contribution in [3.8, 4) is 0 Å². The molecule has 9 heteroatoms. The van der Waals surface area contributed by atoms with Crippen molar-refractivity contribution in [3.05, 3.63) is 36.3 Å². The van der Waals surface area contributed by atoms with Crippen molar-refractivity contribution in [2.24, 2.45) is 18.9 Å². The van der Waals surface area contributed by atoms with E-state index in [1.807, 2.05) is 12.1 Å². The Morgan fingerprint density at radius 3 is 2.32 bits per heavy atom. The van der Waals surface area contributed by atoms with Gasteiger partial charge in [-0.25, -0.2) is 13.4 Å². The molecule has 0 saturated carbocycles. The Labute approximate surface area is 184 Å². The lowest BCUT2D eigenvalue weighted by atomic mass is 9.97. The van der Waals surface area contributed by atoms with Gasteiger partial charge in [-0.1, -0.05) is 6.92 Å². The summed E-state index contributed by atoms with van der Waals surface area (Å²) in [5, 5.41) is 3.07. The zero-order valence-corrected chi connectivity index (χ0v) is 19.2. The lowest BCUT2D eigenvalue weighted by Crippen LogP contribution is -2.41. The zero-order chi connectivity index (χ0) is 22.2. The molecule has 168 valence electrons. The van der Waals surface area contributed by atoms with Crippen LogP contribution in [0.2, 0.25) is 0 Å². The molecule has 2 aromatic rings. The third kappa shape index (κ3) is 4.62. The van der Waals surface area contributed by atoms with Crippen molar-refractivity contribution in [2.45, 2.75) is 38.1 Å². The number of nitrogens with zero attached hydrogens (tertiary/aromatic N) is 4. The molecule has 1 unspecified atom stereocenters. The highest BCUT2D eigenvalue weighted by Gasteiger charge is 2.33. The Kier molecular flexibility index (Phi) is 6.07. The van der Waals surface area contributed by atoms with Gasteiger partial charge < -0.3 is 14.8 Å². The lowest BCUT2D eigenvalue weighted by Gasteiger charge is -2.30. The van der Waals surface area contributed by atoms with Crippen LogP contribution in [0.1, 0.15) is 32.0 Å². The van der Waals surface area contributed by atoms with E-state index in [1.54, 1.807) is 18.5 Å². The minimum Gasteiger partial charge on any atom is -0.371 e. The number of nitrogens with one attached hydrogen (secondary N) is 1. The van der Waals surface area contributed by atoms with Crippen LogP contribution in [-0.2, 0) is 21.9 Å². The molecule has 0 aliphatic carbocycles. The van der Waals surface area contributed by atoms with Crippen molar-refractivity contribution >= 4 is 27.3 Å². The molecule has 1 N–H and O–H groups in total. The van der Waals surface area contributed by atoms with E-state index in [0.29, 0.717) is 31.8 Å². The summed E-state index contributed by atoms with van der Waals surface area (Å²) in [6.45, 7) is 6.83. The van der Waals surface area contributed by atoms with Crippen molar-refractivity contribution in [3.63, 3.8) is 0 Å². The third-order valence-corrected chi connectivity index (χ3v) is 8.21. The first-order valence-corrected chi connectivity index (χ1v) is 12.3. The maximum Gasteiger partial charge on any atom is 0.262 e. The summed E-state index contributed by atoms with van der Waals surface area (Å²) in [4.78, 5) is 19.2. The van der Waals surface area contributed by atoms with Crippen LogP contribution in [0.3, 0.4) is 0 Å². The number of carbonyl (C=O) groups is 1. The fourth-order valence-electron chi connectivity index (χ4n) is 4.31.